The number of fused-ring (bicyclic) bond motifs is 3. The van der Waals surface area contributed by atoms with E-state index in [0.717, 1.165) is 90.9 Å². The topological polar surface area (TPSA) is 84.8 Å². The van der Waals surface area contributed by atoms with Gasteiger partial charge in [0.25, 0.3) is 0 Å². The summed E-state index contributed by atoms with van der Waals surface area (Å²) in [5.41, 5.74) is 9.86. The van der Waals surface area contributed by atoms with Gasteiger partial charge in [0.1, 0.15) is 41.8 Å². The molecule has 2 aliphatic rings. The predicted molar refractivity (Wildman–Crippen MR) is 243 cm³/mol. The van der Waals surface area contributed by atoms with Crippen molar-refractivity contribution < 1.29 is 38.3 Å². The third-order valence-corrected chi connectivity index (χ3v) is 11.7. The molecule has 60 heavy (non-hydrogen) atoms. The van der Waals surface area contributed by atoms with Crippen LogP contribution in [-0.2, 0) is 37.4 Å². The molecule has 3 aromatic rings. The van der Waals surface area contributed by atoms with Crippen molar-refractivity contribution in [3.8, 4) is 34.1 Å². The van der Waals surface area contributed by atoms with E-state index < -0.39 is 5.60 Å². The minimum atomic E-state index is -0.423. The van der Waals surface area contributed by atoms with Gasteiger partial charge in [-0.3, -0.25) is 0 Å². The molecule has 1 aliphatic carbocycles. The molecule has 8 nitrogen and oxygen atoms in total. The lowest BCUT2D eigenvalue weighted by atomic mass is 9.73. The van der Waals surface area contributed by atoms with Gasteiger partial charge in [-0.25, -0.2) is 0 Å². The van der Waals surface area contributed by atoms with E-state index in [1.807, 2.05) is 6.07 Å². The Hall–Kier alpha value is -3.82. The predicted octanol–water partition coefficient (Wildman–Crippen LogP) is 12.0. The number of hydrogen-bond acceptors (Lipinski definition) is 8. The number of hydrogen-bond donors (Lipinski definition) is 1. The van der Waals surface area contributed by atoms with Crippen molar-refractivity contribution in [1.82, 2.24) is 0 Å². The minimum Gasteiger partial charge on any atom is -0.507 e. The van der Waals surface area contributed by atoms with Gasteiger partial charge in [0.2, 0.25) is 0 Å². The third kappa shape index (κ3) is 13.6. The van der Waals surface area contributed by atoms with Crippen molar-refractivity contribution in [3.63, 3.8) is 0 Å². The lowest BCUT2D eigenvalue weighted by Gasteiger charge is -2.36. The molecule has 330 valence electrons. The number of benzene rings is 3. The Morgan fingerprint density at radius 3 is 1.87 bits per heavy atom. The van der Waals surface area contributed by atoms with Gasteiger partial charge in [0, 0.05) is 17.0 Å². The molecule has 0 radical (unpaired) electrons. The van der Waals surface area contributed by atoms with Crippen LogP contribution in [-0.4, -0.2) is 71.2 Å². The van der Waals surface area contributed by atoms with Crippen LogP contribution in [0.3, 0.4) is 0 Å². The molecular formula is C52H74O8. The highest BCUT2D eigenvalue weighted by molar-refractivity contribution is 5.82. The standard InChI is InChI=1S/C52H74O8/c1-9-11-13-15-40-33-46(53)50(43-31-38(5)17-19-42(43)37(3)4)47(34-40)58-29-27-56-25-23-54-21-22-55-24-26-57-28-30-59-48-35-41(16-14-12-10-2)36-49-51(48)44-32-39(6)18-20-45(44)52(7,8)60-49/h18,20,31-36,42-43,53H,3,9-17,19,21-30H2,1-2,4-8H3/t42-,43+/m0/s1. The maximum atomic E-state index is 11.3. The van der Waals surface area contributed by atoms with Crippen LogP contribution in [0.4, 0.5) is 0 Å². The number of unbranched alkanes of at least 4 members (excludes halogenated alkanes) is 4. The molecule has 1 N–H and O–H groups in total. The van der Waals surface area contributed by atoms with Gasteiger partial charge in [-0.15, -0.1) is 0 Å². The lowest BCUT2D eigenvalue weighted by Crippen LogP contribution is -2.29. The van der Waals surface area contributed by atoms with Gasteiger partial charge in [-0.1, -0.05) is 87.1 Å². The smallest absolute Gasteiger partial charge is 0.132 e. The fourth-order valence-electron chi connectivity index (χ4n) is 8.48. The largest absolute Gasteiger partial charge is 0.507 e. The Balaban J connectivity index is 0.982. The van der Waals surface area contributed by atoms with Crippen LogP contribution in [0.15, 0.2) is 66.3 Å². The number of aromatic hydroxyl groups is 1. The van der Waals surface area contributed by atoms with Crippen LogP contribution in [0, 0.1) is 12.8 Å². The normalized spacial score (nSPS) is 16.8. The van der Waals surface area contributed by atoms with Crippen LogP contribution >= 0.6 is 0 Å². The Morgan fingerprint density at radius 2 is 1.28 bits per heavy atom. The summed E-state index contributed by atoms with van der Waals surface area (Å²) in [6.45, 7) is 24.0. The van der Waals surface area contributed by atoms with Crippen molar-refractivity contribution in [3.05, 3.63) is 94.1 Å². The van der Waals surface area contributed by atoms with Crippen molar-refractivity contribution >= 4 is 0 Å². The van der Waals surface area contributed by atoms with Gasteiger partial charge in [-0.2, -0.15) is 0 Å². The van der Waals surface area contributed by atoms with Crippen LogP contribution in [0.25, 0.3) is 11.1 Å². The maximum Gasteiger partial charge on any atom is 0.132 e. The molecule has 0 amide bonds. The number of aryl methyl sites for hydroxylation is 3. The molecule has 0 bridgehead atoms. The Kier molecular flexibility index (Phi) is 18.9. The Morgan fingerprint density at radius 1 is 0.733 bits per heavy atom. The highest BCUT2D eigenvalue weighted by Gasteiger charge is 2.35. The molecule has 0 saturated heterocycles. The lowest BCUT2D eigenvalue weighted by molar-refractivity contribution is -0.00703. The number of allylic oxidation sites excluding steroid dienone is 3. The van der Waals surface area contributed by atoms with Gasteiger partial charge >= 0.3 is 0 Å². The first-order valence-corrected chi connectivity index (χ1v) is 22.7. The first-order chi connectivity index (χ1) is 29.0. The highest BCUT2D eigenvalue weighted by Crippen LogP contribution is 2.51. The summed E-state index contributed by atoms with van der Waals surface area (Å²) in [5.74, 6) is 3.12. The average molecular weight is 827 g/mol. The zero-order valence-corrected chi connectivity index (χ0v) is 37.9. The highest BCUT2D eigenvalue weighted by atomic mass is 16.6. The van der Waals surface area contributed by atoms with E-state index in [4.69, 9.17) is 33.2 Å². The zero-order chi connectivity index (χ0) is 42.9. The minimum absolute atomic E-state index is 0.0410. The number of phenols is 1. The molecule has 0 fully saturated rings. The van der Waals surface area contributed by atoms with Crippen LogP contribution in [0.2, 0.25) is 0 Å². The summed E-state index contributed by atoms with van der Waals surface area (Å²) in [6, 6.07) is 15.0. The molecule has 5 rings (SSSR count). The van der Waals surface area contributed by atoms with Crippen LogP contribution in [0.1, 0.15) is 127 Å². The van der Waals surface area contributed by atoms with Gasteiger partial charge in [-0.05, 0) is 120 Å². The summed E-state index contributed by atoms with van der Waals surface area (Å²) < 4.78 is 42.6. The molecule has 8 heteroatoms. The summed E-state index contributed by atoms with van der Waals surface area (Å²) in [7, 11) is 0. The second-order valence-corrected chi connectivity index (χ2v) is 17.2. The first-order valence-electron chi connectivity index (χ1n) is 22.7. The second kappa shape index (κ2) is 24.0. The van der Waals surface area contributed by atoms with E-state index in [-0.39, 0.29) is 11.8 Å². The zero-order valence-electron chi connectivity index (χ0n) is 37.9. The molecule has 2 atom stereocenters. The van der Waals surface area contributed by atoms with E-state index in [2.05, 4.69) is 97.5 Å². The molecule has 1 aliphatic heterocycles. The molecule has 0 spiro atoms. The fourth-order valence-corrected chi connectivity index (χ4v) is 8.48. The molecule has 1 heterocycles. The van der Waals surface area contributed by atoms with Crippen LogP contribution < -0.4 is 14.2 Å². The van der Waals surface area contributed by atoms with E-state index in [9.17, 15) is 5.11 Å². The van der Waals surface area contributed by atoms with E-state index in [0.29, 0.717) is 71.8 Å². The van der Waals surface area contributed by atoms with Crippen LogP contribution in [0.5, 0.6) is 23.0 Å². The third-order valence-electron chi connectivity index (χ3n) is 11.7. The number of rotatable bonds is 27. The molecule has 0 aromatic heterocycles. The monoisotopic (exact) mass is 827 g/mol. The maximum absolute atomic E-state index is 11.3. The Bertz CT molecular complexity index is 1840. The van der Waals surface area contributed by atoms with E-state index in [1.54, 1.807) is 0 Å². The van der Waals surface area contributed by atoms with Crippen molar-refractivity contribution in [1.29, 1.82) is 0 Å². The first kappa shape index (κ1) is 47.2. The van der Waals surface area contributed by atoms with Crippen molar-refractivity contribution in [2.45, 2.75) is 124 Å². The second-order valence-electron chi connectivity index (χ2n) is 17.2. The molecular weight excluding hydrogens is 753 g/mol. The quantitative estimate of drug-likeness (QED) is 0.0601. The summed E-state index contributed by atoms with van der Waals surface area (Å²) in [5, 5.41) is 11.3. The van der Waals surface area contributed by atoms with Crippen molar-refractivity contribution in [2.24, 2.45) is 5.92 Å². The fraction of sp³-hybridized carbons (Fsp3) is 0.577. The van der Waals surface area contributed by atoms with Gasteiger partial charge in [0.15, 0.2) is 0 Å². The van der Waals surface area contributed by atoms with E-state index in [1.165, 1.54) is 40.7 Å². The van der Waals surface area contributed by atoms with E-state index >= 15 is 0 Å². The number of ether oxygens (including phenoxy) is 7. The Labute approximate surface area is 361 Å². The molecule has 3 aromatic carbocycles. The summed E-state index contributed by atoms with van der Waals surface area (Å²) in [4.78, 5) is 0. The number of phenolic OH excluding ortho intramolecular Hbond substituents is 1. The summed E-state index contributed by atoms with van der Waals surface area (Å²) in [6.07, 6.45) is 13.2. The van der Waals surface area contributed by atoms with Gasteiger partial charge in [0.05, 0.1) is 58.4 Å². The SMILES string of the molecule is C=C(C)[C@@H]1CCC(C)=C[C@H]1c1c(O)cc(CCCCC)cc1OCCOCCOCCOCCOCCOc1cc(CCCCC)cc2c1-c1cc(C)ccc1C(C)(C)O2. The molecule has 0 saturated carbocycles. The average Bonchev–Trinajstić information content (AvgIpc) is 3.20. The molecule has 0 unspecified atom stereocenters. The summed E-state index contributed by atoms with van der Waals surface area (Å²) >= 11 is 0. The van der Waals surface area contributed by atoms with Crippen molar-refractivity contribution in [2.75, 3.05) is 66.1 Å². The van der Waals surface area contributed by atoms with Gasteiger partial charge < -0.3 is 38.3 Å².